The number of H-pyrrole nitrogens is 1. The standard InChI is InChI=1S/C24H22F3N5O3/c1-34-21(33)8-12-2-4-13(5-3-12)14-6-7-18-20(9-14)29-22(28-18)23-31-32-24(35-23)30-19-11-16(26)15(25)10-17(19)27/h6-7,9-13H,2-5,8H2,1H3,(H,28,29)(H,30,32)/t12-,13-. The molecule has 1 saturated carbocycles. The van der Waals surface area contributed by atoms with Crippen molar-refractivity contribution >= 4 is 28.7 Å². The molecule has 8 nitrogen and oxygen atoms in total. The summed E-state index contributed by atoms with van der Waals surface area (Å²) in [4.78, 5) is 19.2. The number of aromatic nitrogens is 4. The van der Waals surface area contributed by atoms with Crippen LogP contribution in [0.1, 0.15) is 43.6 Å². The SMILES string of the molecule is COC(=O)C[C@H]1CC[C@H](c2ccc3[nH]c(-c4nnc(Nc5cc(F)c(F)cc5F)o4)nc3c2)CC1. The van der Waals surface area contributed by atoms with Crippen LogP contribution in [-0.2, 0) is 9.53 Å². The Morgan fingerprint density at radius 3 is 2.63 bits per heavy atom. The number of carbonyl (C=O) groups excluding carboxylic acids is 1. The molecule has 0 unspecified atom stereocenters. The van der Waals surface area contributed by atoms with Gasteiger partial charge in [0, 0.05) is 18.6 Å². The van der Waals surface area contributed by atoms with Crippen molar-refractivity contribution in [1.29, 1.82) is 0 Å². The lowest BCUT2D eigenvalue weighted by Crippen LogP contribution is -2.17. The van der Waals surface area contributed by atoms with E-state index in [-0.39, 0.29) is 23.6 Å². The Bertz CT molecular complexity index is 1380. The van der Waals surface area contributed by atoms with Crippen LogP contribution in [-0.4, -0.2) is 33.2 Å². The van der Waals surface area contributed by atoms with Gasteiger partial charge in [0.2, 0.25) is 0 Å². The van der Waals surface area contributed by atoms with Crippen LogP contribution in [0.3, 0.4) is 0 Å². The second-order valence-electron chi connectivity index (χ2n) is 8.64. The van der Waals surface area contributed by atoms with Gasteiger partial charge in [-0.25, -0.2) is 18.2 Å². The van der Waals surface area contributed by atoms with E-state index in [4.69, 9.17) is 9.15 Å². The normalized spacial score (nSPS) is 18.1. The van der Waals surface area contributed by atoms with Gasteiger partial charge in [0.1, 0.15) is 5.82 Å². The number of hydrogen-bond donors (Lipinski definition) is 2. The average molecular weight is 485 g/mol. The van der Waals surface area contributed by atoms with Crippen molar-refractivity contribution in [2.24, 2.45) is 5.92 Å². The van der Waals surface area contributed by atoms with Gasteiger partial charge in [-0.05, 0) is 55.2 Å². The number of aromatic amines is 1. The van der Waals surface area contributed by atoms with E-state index in [1.54, 1.807) is 0 Å². The summed E-state index contributed by atoms with van der Waals surface area (Å²) in [6.45, 7) is 0. The van der Waals surface area contributed by atoms with Gasteiger partial charge in [-0.1, -0.05) is 11.2 Å². The smallest absolute Gasteiger partial charge is 0.320 e. The van der Waals surface area contributed by atoms with Crippen LogP contribution < -0.4 is 5.32 Å². The highest BCUT2D eigenvalue weighted by molar-refractivity contribution is 5.79. The average Bonchev–Trinajstić information content (AvgIpc) is 3.49. The van der Waals surface area contributed by atoms with Crippen molar-refractivity contribution in [3.63, 3.8) is 0 Å². The summed E-state index contributed by atoms with van der Waals surface area (Å²) in [5, 5.41) is 10.1. The number of esters is 1. The molecule has 1 aliphatic rings. The van der Waals surface area contributed by atoms with Crippen molar-refractivity contribution in [3.8, 4) is 11.7 Å². The first-order chi connectivity index (χ1) is 16.9. The molecule has 0 radical (unpaired) electrons. The number of benzene rings is 2. The van der Waals surface area contributed by atoms with E-state index in [9.17, 15) is 18.0 Å². The number of anilines is 2. The van der Waals surface area contributed by atoms with Crippen LogP contribution in [0.15, 0.2) is 34.7 Å². The van der Waals surface area contributed by atoms with E-state index >= 15 is 0 Å². The molecule has 2 N–H and O–H groups in total. The molecule has 0 saturated heterocycles. The summed E-state index contributed by atoms with van der Waals surface area (Å²) >= 11 is 0. The number of imidazole rings is 1. The number of nitrogens with zero attached hydrogens (tertiary/aromatic N) is 3. The van der Waals surface area contributed by atoms with Crippen molar-refractivity contribution < 1.29 is 27.1 Å². The first kappa shape index (κ1) is 22.9. The molecule has 35 heavy (non-hydrogen) atoms. The molecule has 1 fully saturated rings. The van der Waals surface area contributed by atoms with Crippen molar-refractivity contribution in [1.82, 2.24) is 20.2 Å². The van der Waals surface area contributed by atoms with Crippen LogP contribution in [0.25, 0.3) is 22.7 Å². The molecule has 0 atom stereocenters. The van der Waals surface area contributed by atoms with Crippen LogP contribution in [0.5, 0.6) is 0 Å². The van der Waals surface area contributed by atoms with Crippen molar-refractivity contribution in [2.45, 2.75) is 38.0 Å². The fourth-order valence-electron chi connectivity index (χ4n) is 4.50. The van der Waals surface area contributed by atoms with E-state index < -0.39 is 17.5 Å². The number of hydrogen-bond acceptors (Lipinski definition) is 7. The minimum Gasteiger partial charge on any atom is -0.469 e. The highest BCUT2D eigenvalue weighted by Gasteiger charge is 2.25. The lowest BCUT2D eigenvalue weighted by molar-refractivity contribution is -0.142. The summed E-state index contributed by atoms with van der Waals surface area (Å²) < 4.78 is 50.7. The second-order valence-corrected chi connectivity index (χ2v) is 8.64. The molecular formula is C24H22F3N5O3. The number of halogens is 3. The largest absolute Gasteiger partial charge is 0.469 e. The predicted molar refractivity (Wildman–Crippen MR) is 120 cm³/mol. The van der Waals surface area contributed by atoms with Crippen LogP contribution in [0, 0.1) is 23.4 Å². The topological polar surface area (TPSA) is 106 Å². The highest BCUT2D eigenvalue weighted by atomic mass is 19.2. The number of rotatable bonds is 6. The zero-order valence-corrected chi connectivity index (χ0v) is 18.8. The Kier molecular flexibility index (Phi) is 6.14. The van der Waals surface area contributed by atoms with Crippen molar-refractivity contribution in [3.05, 3.63) is 53.3 Å². The maximum absolute atomic E-state index is 13.9. The molecule has 182 valence electrons. The predicted octanol–water partition coefficient (Wildman–Crippen LogP) is 5.61. The zero-order valence-electron chi connectivity index (χ0n) is 18.8. The molecule has 0 spiro atoms. The Labute approximate surface area is 197 Å². The van der Waals surface area contributed by atoms with Crippen LogP contribution in [0.4, 0.5) is 24.9 Å². The maximum atomic E-state index is 13.9. The lowest BCUT2D eigenvalue weighted by Gasteiger charge is -2.28. The van der Waals surface area contributed by atoms with Crippen LogP contribution in [0.2, 0.25) is 0 Å². The lowest BCUT2D eigenvalue weighted by atomic mass is 9.77. The molecule has 0 aliphatic heterocycles. The molecule has 5 rings (SSSR count). The van der Waals surface area contributed by atoms with E-state index in [0.29, 0.717) is 36.2 Å². The summed E-state index contributed by atoms with van der Waals surface area (Å²) in [6.07, 6.45) is 4.39. The molecule has 4 aromatic rings. The first-order valence-corrected chi connectivity index (χ1v) is 11.2. The third-order valence-corrected chi connectivity index (χ3v) is 6.39. The second kappa shape index (κ2) is 9.40. The summed E-state index contributed by atoms with van der Waals surface area (Å²) in [5.41, 5.74) is 2.35. The minimum absolute atomic E-state index is 0.0524. The molecule has 2 aromatic carbocycles. The molecule has 2 aromatic heterocycles. The quantitative estimate of drug-likeness (QED) is 0.270. The van der Waals surface area contributed by atoms with Gasteiger partial charge in [-0.2, -0.15) is 0 Å². The summed E-state index contributed by atoms with van der Waals surface area (Å²) in [5.74, 6) is -2.54. The third kappa shape index (κ3) is 4.84. The number of methoxy groups -OCH3 is 1. The van der Waals surface area contributed by atoms with Gasteiger partial charge in [0.15, 0.2) is 17.5 Å². The molecule has 0 amide bonds. The number of fused-ring (bicyclic) bond motifs is 1. The van der Waals surface area contributed by atoms with Gasteiger partial charge < -0.3 is 19.5 Å². The Morgan fingerprint density at radius 2 is 1.86 bits per heavy atom. The number of nitrogens with one attached hydrogen (secondary N) is 2. The molecule has 11 heteroatoms. The fourth-order valence-corrected chi connectivity index (χ4v) is 4.50. The van der Waals surface area contributed by atoms with Crippen LogP contribution >= 0.6 is 0 Å². The van der Waals surface area contributed by atoms with E-state index in [2.05, 4.69) is 31.5 Å². The molecular weight excluding hydrogens is 463 g/mol. The Balaban J connectivity index is 1.29. The van der Waals surface area contributed by atoms with Gasteiger partial charge in [-0.15, -0.1) is 5.10 Å². The van der Waals surface area contributed by atoms with Gasteiger partial charge in [0.25, 0.3) is 5.89 Å². The fraction of sp³-hybridized carbons (Fsp3) is 0.333. The van der Waals surface area contributed by atoms with Gasteiger partial charge in [-0.3, -0.25) is 4.79 Å². The summed E-state index contributed by atoms with van der Waals surface area (Å²) in [7, 11) is 1.42. The zero-order chi connectivity index (χ0) is 24.5. The number of carbonyl (C=O) groups is 1. The Morgan fingerprint density at radius 1 is 1.09 bits per heavy atom. The third-order valence-electron chi connectivity index (χ3n) is 6.39. The molecule has 2 heterocycles. The van der Waals surface area contributed by atoms with Gasteiger partial charge in [0.05, 0.1) is 23.8 Å². The van der Waals surface area contributed by atoms with E-state index in [1.165, 1.54) is 12.7 Å². The minimum atomic E-state index is -1.30. The summed E-state index contributed by atoms with van der Waals surface area (Å²) in [6, 6.07) is 6.91. The number of ether oxygens (including phenoxy) is 1. The monoisotopic (exact) mass is 485 g/mol. The molecule has 0 bridgehead atoms. The maximum Gasteiger partial charge on any atom is 0.320 e. The van der Waals surface area contributed by atoms with Crippen molar-refractivity contribution in [2.75, 3.05) is 12.4 Å². The van der Waals surface area contributed by atoms with Gasteiger partial charge >= 0.3 is 12.0 Å². The highest BCUT2D eigenvalue weighted by Crippen LogP contribution is 2.38. The Hall–Kier alpha value is -3.89. The first-order valence-electron chi connectivity index (χ1n) is 11.2. The molecule has 1 aliphatic carbocycles. The van der Waals surface area contributed by atoms with E-state index in [1.807, 2.05) is 12.1 Å². The van der Waals surface area contributed by atoms with E-state index in [0.717, 1.165) is 36.7 Å².